The third-order valence-electron chi connectivity index (χ3n) is 3.45. The molecule has 1 saturated heterocycles. The summed E-state index contributed by atoms with van der Waals surface area (Å²) < 4.78 is 5.16. The van der Waals surface area contributed by atoms with Crippen molar-refractivity contribution >= 4 is 17.6 Å². The van der Waals surface area contributed by atoms with E-state index < -0.39 is 11.5 Å². The van der Waals surface area contributed by atoms with Crippen molar-refractivity contribution in [3.8, 4) is 0 Å². The molecule has 0 aliphatic carbocycles. The van der Waals surface area contributed by atoms with Crippen LogP contribution in [0, 0.1) is 0 Å². The zero-order chi connectivity index (χ0) is 14.6. The van der Waals surface area contributed by atoms with Crippen molar-refractivity contribution < 1.29 is 19.4 Å². The number of rotatable bonds is 4. The molecule has 1 amide bonds. The van der Waals surface area contributed by atoms with Crippen molar-refractivity contribution in [1.82, 2.24) is 5.32 Å². The van der Waals surface area contributed by atoms with Gasteiger partial charge in [-0.1, -0.05) is 12.1 Å². The van der Waals surface area contributed by atoms with E-state index in [1.54, 1.807) is 24.3 Å². The molecule has 20 heavy (non-hydrogen) atoms. The van der Waals surface area contributed by atoms with Gasteiger partial charge in [-0.3, -0.25) is 4.79 Å². The minimum Gasteiger partial charge on any atom is -0.480 e. The second-order valence-corrected chi connectivity index (χ2v) is 4.97. The molecule has 6 heteroatoms. The number of hydrogen-bond acceptors (Lipinski definition) is 4. The molecule has 0 spiro atoms. The minimum absolute atomic E-state index is 0.112. The van der Waals surface area contributed by atoms with Gasteiger partial charge in [-0.25, -0.2) is 4.79 Å². The van der Waals surface area contributed by atoms with Gasteiger partial charge in [-0.05, 0) is 17.7 Å². The van der Waals surface area contributed by atoms with Gasteiger partial charge in [0.15, 0.2) is 0 Å². The van der Waals surface area contributed by atoms with E-state index in [9.17, 15) is 14.7 Å². The summed E-state index contributed by atoms with van der Waals surface area (Å²) in [5.74, 6) is -1.33. The average molecular weight is 278 g/mol. The van der Waals surface area contributed by atoms with Crippen LogP contribution < -0.4 is 11.1 Å². The van der Waals surface area contributed by atoms with Gasteiger partial charge in [0.1, 0.15) is 5.54 Å². The first-order chi connectivity index (χ1) is 9.52. The molecule has 0 aromatic heterocycles. The van der Waals surface area contributed by atoms with Crippen LogP contribution in [0.1, 0.15) is 18.4 Å². The lowest BCUT2D eigenvalue weighted by molar-refractivity contribution is -0.152. The Morgan fingerprint density at radius 1 is 1.35 bits per heavy atom. The maximum atomic E-state index is 12.0. The third kappa shape index (κ3) is 3.27. The summed E-state index contributed by atoms with van der Waals surface area (Å²) >= 11 is 0. The standard InChI is InChI=1S/C14H18N2O4/c15-11-3-1-2-10(8-11)9-12(17)16-14(13(18)19)4-6-20-7-5-14/h1-3,8H,4-7,9,15H2,(H,16,17)(H,18,19). The van der Waals surface area contributed by atoms with Crippen molar-refractivity contribution in [2.45, 2.75) is 24.8 Å². The summed E-state index contributed by atoms with van der Waals surface area (Å²) in [6, 6.07) is 6.99. The smallest absolute Gasteiger partial charge is 0.329 e. The molecule has 1 heterocycles. The molecule has 1 aliphatic heterocycles. The topological polar surface area (TPSA) is 102 Å². The number of carbonyl (C=O) groups is 2. The molecule has 0 atom stereocenters. The third-order valence-corrected chi connectivity index (χ3v) is 3.45. The highest BCUT2D eigenvalue weighted by atomic mass is 16.5. The second-order valence-electron chi connectivity index (χ2n) is 4.97. The molecule has 108 valence electrons. The van der Waals surface area contributed by atoms with Crippen LogP contribution in [0.2, 0.25) is 0 Å². The maximum absolute atomic E-state index is 12.0. The average Bonchev–Trinajstić information content (AvgIpc) is 2.39. The summed E-state index contributed by atoms with van der Waals surface area (Å²) in [5, 5.41) is 12.0. The van der Waals surface area contributed by atoms with E-state index >= 15 is 0 Å². The Kier molecular flexibility index (Phi) is 4.24. The molecule has 0 bridgehead atoms. The normalized spacial score (nSPS) is 17.4. The number of nitrogens with one attached hydrogen (secondary N) is 1. The number of anilines is 1. The monoisotopic (exact) mass is 278 g/mol. The number of amides is 1. The summed E-state index contributed by atoms with van der Waals surface area (Å²) in [7, 11) is 0. The number of nitrogens with two attached hydrogens (primary N) is 1. The van der Waals surface area contributed by atoms with Crippen molar-refractivity contribution in [1.29, 1.82) is 0 Å². The van der Waals surface area contributed by atoms with Crippen molar-refractivity contribution in [2.75, 3.05) is 18.9 Å². The van der Waals surface area contributed by atoms with Crippen LogP contribution in [-0.2, 0) is 20.7 Å². The number of carbonyl (C=O) groups excluding carboxylic acids is 1. The van der Waals surface area contributed by atoms with Crippen molar-refractivity contribution in [2.24, 2.45) is 0 Å². The largest absolute Gasteiger partial charge is 0.480 e. The Morgan fingerprint density at radius 3 is 2.65 bits per heavy atom. The van der Waals surface area contributed by atoms with Gasteiger partial charge in [0.2, 0.25) is 5.91 Å². The lowest BCUT2D eigenvalue weighted by Gasteiger charge is -2.33. The van der Waals surface area contributed by atoms with Gasteiger partial charge in [0, 0.05) is 31.7 Å². The molecule has 6 nitrogen and oxygen atoms in total. The van der Waals surface area contributed by atoms with Crippen LogP contribution in [0.15, 0.2) is 24.3 Å². The Labute approximate surface area is 116 Å². The Hall–Kier alpha value is -2.08. The van der Waals surface area contributed by atoms with Crippen LogP contribution in [0.25, 0.3) is 0 Å². The number of carboxylic acids is 1. The molecule has 1 aromatic carbocycles. The predicted molar refractivity (Wildman–Crippen MR) is 73.1 cm³/mol. The van der Waals surface area contributed by atoms with Gasteiger partial charge >= 0.3 is 5.97 Å². The lowest BCUT2D eigenvalue weighted by atomic mass is 9.90. The first-order valence-corrected chi connectivity index (χ1v) is 6.48. The van der Waals surface area contributed by atoms with Crippen LogP contribution >= 0.6 is 0 Å². The number of carboxylic acid groups (broad SMARTS) is 1. The van der Waals surface area contributed by atoms with E-state index in [4.69, 9.17) is 10.5 Å². The number of hydrogen-bond donors (Lipinski definition) is 3. The molecule has 0 saturated carbocycles. The molecule has 1 fully saturated rings. The van der Waals surface area contributed by atoms with Crippen LogP contribution in [-0.4, -0.2) is 35.7 Å². The fourth-order valence-corrected chi connectivity index (χ4v) is 2.31. The molecule has 0 unspecified atom stereocenters. The van der Waals surface area contributed by atoms with Crippen LogP contribution in [0.5, 0.6) is 0 Å². The number of nitrogen functional groups attached to an aromatic ring is 1. The fourth-order valence-electron chi connectivity index (χ4n) is 2.31. The minimum atomic E-state index is -1.21. The van der Waals surface area contributed by atoms with Crippen LogP contribution in [0.4, 0.5) is 5.69 Å². The zero-order valence-corrected chi connectivity index (χ0v) is 11.1. The highest BCUT2D eigenvalue weighted by Gasteiger charge is 2.41. The fraction of sp³-hybridized carbons (Fsp3) is 0.429. The molecule has 4 N–H and O–H groups in total. The highest BCUT2D eigenvalue weighted by Crippen LogP contribution is 2.21. The Morgan fingerprint density at radius 2 is 2.05 bits per heavy atom. The first-order valence-electron chi connectivity index (χ1n) is 6.48. The van der Waals surface area contributed by atoms with Gasteiger partial charge in [-0.2, -0.15) is 0 Å². The van der Waals surface area contributed by atoms with Gasteiger partial charge in [0.05, 0.1) is 6.42 Å². The van der Waals surface area contributed by atoms with Crippen molar-refractivity contribution in [3.63, 3.8) is 0 Å². The van der Waals surface area contributed by atoms with Gasteiger partial charge in [-0.15, -0.1) is 0 Å². The summed E-state index contributed by atoms with van der Waals surface area (Å²) in [4.78, 5) is 23.5. The SMILES string of the molecule is Nc1cccc(CC(=O)NC2(C(=O)O)CCOCC2)c1. The molecular formula is C14H18N2O4. The first kappa shape index (κ1) is 14.3. The van der Waals surface area contributed by atoms with Gasteiger partial charge in [0.25, 0.3) is 0 Å². The molecule has 1 aromatic rings. The lowest BCUT2D eigenvalue weighted by Crippen LogP contribution is -2.57. The van der Waals surface area contributed by atoms with E-state index in [1.807, 2.05) is 0 Å². The summed E-state index contributed by atoms with van der Waals surface area (Å²) in [6.45, 7) is 0.676. The van der Waals surface area contributed by atoms with E-state index in [1.165, 1.54) is 0 Å². The maximum Gasteiger partial charge on any atom is 0.329 e. The zero-order valence-electron chi connectivity index (χ0n) is 11.1. The molecule has 2 rings (SSSR count). The van der Waals surface area contributed by atoms with Crippen molar-refractivity contribution in [3.05, 3.63) is 29.8 Å². The Balaban J connectivity index is 2.03. The van der Waals surface area contributed by atoms with E-state index in [0.717, 1.165) is 5.56 Å². The van der Waals surface area contributed by atoms with Crippen LogP contribution in [0.3, 0.4) is 0 Å². The summed E-state index contributed by atoms with van der Waals surface area (Å²) in [5.41, 5.74) is 5.78. The van der Waals surface area contributed by atoms with E-state index in [2.05, 4.69) is 5.32 Å². The quantitative estimate of drug-likeness (QED) is 0.699. The molecular weight excluding hydrogens is 260 g/mol. The molecule has 0 radical (unpaired) electrons. The molecule has 1 aliphatic rings. The van der Waals surface area contributed by atoms with E-state index in [0.29, 0.717) is 18.9 Å². The predicted octanol–water partition coefficient (Wildman–Crippen LogP) is 0.561. The number of benzene rings is 1. The highest BCUT2D eigenvalue weighted by molar-refractivity contribution is 5.88. The Bertz CT molecular complexity index is 510. The van der Waals surface area contributed by atoms with E-state index in [-0.39, 0.29) is 25.2 Å². The number of ether oxygens (including phenoxy) is 1. The second kappa shape index (κ2) is 5.92. The summed E-state index contributed by atoms with van der Waals surface area (Å²) in [6.07, 6.45) is 0.678. The van der Waals surface area contributed by atoms with Gasteiger partial charge < -0.3 is 20.9 Å². The number of aliphatic carboxylic acids is 1.